The van der Waals surface area contributed by atoms with Gasteiger partial charge in [0.05, 0.1) is 5.75 Å². The molecular weight excluding hydrogens is 260 g/mol. The van der Waals surface area contributed by atoms with Crippen LogP contribution in [-0.4, -0.2) is 25.2 Å². The Kier molecular flexibility index (Phi) is 5.29. The van der Waals surface area contributed by atoms with Gasteiger partial charge in [-0.15, -0.1) is 0 Å². The first-order chi connectivity index (χ1) is 8.77. The summed E-state index contributed by atoms with van der Waals surface area (Å²) in [6.07, 6.45) is 0.898. The standard InChI is InChI=1S/C15H22O3S/c1-5-13-6-8-14(9-7-13)15(16)12(4)19(17,18)10-11(2)3/h6-9,11-12H,5,10H2,1-4H3. The third kappa shape index (κ3) is 4.16. The van der Waals surface area contributed by atoms with E-state index in [1.54, 1.807) is 12.1 Å². The molecule has 1 unspecified atom stereocenters. The predicted octanol–water partition coefficient (Wildman–Crippen LogP) is 2.89. The number of benzene rings is 1. The van der Waals surface area contributed by atoms with Crippen LogP contribution < -0.4 is 0 Å². The molecule has 0 N–H and O–H groups in total. The molecule has 0 saturated carbocycles. The number of Topliss-reactive ketones (excluding diaryl/α,β-unsaturated/α-hetero) is 1. The quantitative estimate of drug-likeness (QED) is 0.754. The van der Waals surface area contributed by atoms with Gasteiger partial charge in [0.2, 0.25) is 0 Å². The van der Waals surface area contributed by atoms with Crippen LogP contribution in [0.2, 0.25) is 0 Å². The molecule has 106 valence electrons. The lowest BCUT2D eigenvalue weighted by molar-refractivity contribution is 0.0991. The summed E-state index contributed by atoms with van der Waals surface area (Å²) in [5.41, 5.74) is 1.60. The van der Waals surface area contributed by atoms with Gasteiger partial charge in [-0.1, -0.05) is 45.0 Å². The minimum atomic E-state index is -3.37. The van der Waals surface area contributed by atoms with Crippen LogP contribution in [0.1, 0.15) is 43.6 Å². The third-order valence-electron chi connectivity index (χ3n) is 3.12. The van der Waals surface area contributed by atoms with E-state index in [9.17, 15) is 13.2 Å². The zero-order valence-corrected chi connectivity index (χ0v) is 12.8. The van der Waals surface area contributed by atoms with Gasteiger partial charge in [0.1, 0.15) is 5.25 Å². The van der Waals surface area contributed by atoms with Crippen LogP contribution in [0.15, 0.2) is 24.3 Å². The molecule has 1 aromatic carbocycles. The van der Waals surface area contributed by atoms with Crippen LogP contribution in [0.3, 0.4) is 0 Å². The molecular formula is C15H22O3S. The topological polar surface area (TPSA) is 51.2 Å². The van der Waals surface area contributed by atoms with Crippen molar-refractivity contribution in [2.24, 2.45) is 5.92 Å². The molecule has 0 bridgehead atoms. The van der Waals surface area contributed by atoms with E-state index in [0.717, 1.165) is 12.0 Å². The van der Waals surface area contributed by atoms with Crippen LogP contribution in [0, 0.1) is 5.92 Å². The number of ketones is 1. The van der Waals surface area contributed by atoms with E-state index in [2.05, 4.69) is 0 Å². The SMILES string of the molecule is CCc1ccc(C(=O)C(C)S(=O)(=O)CC(C)C)cc1. The fraction of sp³-hybridized carbons (Fsp3) is 0.533. The Bertz CT molecular complexity index is 527. The Hall–Kier alpha value is -1.16. The Balaban J connectivity index is 2.92. The summed E-state index contributed by atoms with van der Waals surface area (Å²) in [4.78, 5) is 12.2. The second-order valence-corrected chi connectivity index (χ2v) is 7.65. The zero-order valence-electron chi connectivity index (χ0n) is 12.0. The van der Waals surface area contributed by atoms with Crippen molar-refractivity contribution in [2.45, 2.75) is 39.4 Å². The molecule has 0 aliphatic carbocycles. The second kappa shape index (κ2) is 6.33. The molecule has 0 radical (unpaired) electrons. The molecule has 1 atom stereocenters. The summed E-state index contributed by atoms with van der Waals surface area (Å²) in [6, 6.07) is 7.16. The summed E-state index contributed by atoms with van der Waals surface area (Å²) in [6.45, 7) is 7.19. The third-order valence-corrected chi connectivity index (χ3v) is 5.54. The molecule has 19 heavy (non-hydrogen) atoms. The number of hydrogen-bond acceptors (Lipinski definition) is 3. The lowest BCUT2D eigenvalue weighted by Crippen LogP contribution is -2.31. The maximum absolute atomic E-state index is 12.2. The van der Waals surface area contributed by atoms with Crippen LogP contribution in [0.25, 0.3) is 0 Å². The fourth-order valence-electron chi connectivity index (χ4n) is 1.91. The fourth-order valence-corrected chi connectivity index (χ4v) is 3.59. The molecule has 3 nitrogen and oxygen atoms in total. The maximum Gasteiger partial charge on any atom is 0.180 e. The lowest BCUT2D eigenvalue weighted by Gasteiger charge is -2.14. The monoisotopic (exact) mass is 282 g/mol. The molecule has 0 aliphatic heterocycles. The van der Waals surface area contributed by atoms with Crippen molar-refractivity contribution in [1.82, 2.24) is 0 Å². The van der Waals surface area contributed by atoms with Gasteiger partial charge in [0.15, 0.2) is 15.6 Å². The Morgan fingerprint density at radius 1 is 1.11 bits per heavy atom. The molecule has 0 aliphatic rings. The highest BCUT2D eigenvalue weighted by molar-refractivity contribution is 7.92. The van der Waals surface area contributed by atoms with Crippen LogP contribution in [0.5, 0.6) is 0 Å². The van der Waals surface area contributed by atoms with Gasteiger partial charge in [0, 0.05) is 5.56 Å². The van der Waals surface area contributed by atoms with Gasteiger partial charge in [-0.2, -0.15) is 0 Å². The largest absolute Gasteiger partial charge is 0.293 e. The first kappa shape index (κ1) is 15.9. The molecule has 0 saturated heterocycles. The highest BCUT2D eigenvalue weighted by atomic mass is 32.2. The molecule has 1 aromatic rings. The molecule has 1 rings (SSSR count). The molecule has 4 heteroatoms. The van der Waals surface area contributed by atoms with Gasteiger partial charge >= 0.3 is 0 Å². The highest BCUT2D eigenvalue weighted by Gasteiger charge is 2.29. The van der Waals surface area contributed by atoms with E-state index in [1.165, 1.54) is 6.92 Å². The lowest BCUT2D eigenvalue weighted by atomic mass is 10.1. The smallest absolute Gasteiger partial charge is 0.180 e. The van der Waals surface area contributed by atoms with Crippen molar-refractivity contribution in [1.29, 1.82) is 0 Å². The molecule has 0 amide bonds. The summed E-state index contributed by atoms with van der Waals surface area (Å²) in [5.74, 6) is -0.238. The van der Waals surface area contributed by atoms with Crippen LogP contribution in [0.4, 0.5) is 0 Å². The highest BCUT2D eigenvalue weighted by Crippen LogP contribution is 2.14. The number of sulfone groups is 1. The van der Waals surface area contributed by atoms with Crippen LogP contribution in [-0.2, 0) is 16.3 Å². The maximum atomic E-state index is 12.2. The number of carbonyl (C=O) groups is 1. The Morgan fingerprint density at radius 3 is 2.05 bits per heavy atom. The first-order valence-electron chi connectivity index (χ1n) is 6.62. The molecule has 0 fully saturated rings. The van der Waals surface area contributed by atoms with Crippen LogP contribution >= 0.6 is 0 Å². The normalized spacial score (nSPS) is 13.5. The summed E-state index contributed by atoms with van der Waals surface area (Å²) in [7, 11) is -3.37. The summed E-state index contributed by atoms with van der Waals surface area (Å²) < 4.78 is 24.1. The Labute approximate surface area is 116 Å². The van der Waals surface area contributed by atoms with Crippen molar-refractivity contribution in [3.63, 3.8) is 0 Å². The van der Waals surface area contributed by atoms with Gasteiger partial charge < -0.3 is 0 Å². The summed E-state index contributed by atoms with van der Waals surface area (Å²) >= 11 is 0. The van der Waals surface area contributed by atoms with Gasteiger partial charge in [-0.25, -0.2) is 8.42 Å². The van der Waals surface area contributed by atoms with E-state index in [1.807, 2.05) is 32.9 Å². The van der Waals surface area contributed by atoms with Crippen molar-refractivity contribution < 1.29 is 13.2 Å². The van der Waals surface area contributed by atoms with E-state index < -0.39 is 15.1 Å². The molecule has 0 spiro atoms. The summed E-state index contributed by atoms with van der Waals surface area (Å²) in [5, 5.41) is -0.970. The Morgan fingerprint density at radius 2 is 1.63 bits per heavy atom. The average molecular weight is 282 g/mol. The number of hydrogen-bond donors (Lipinski definition) is 0. The van der Waals surface area contributed by atoms with Gasteiger partial charge in [0.25, 0.3) is 0 Å². The molecule has 0 aromatic heterocycles. The average Bonchev–Trinajstić information content (AvgIpc) is 2.35. The van der Waals surface area contributed by atoms with E-state index in [-0.39, 0.29) is 17.5 Å². The van der Waals surface area contributed by atoms with Crippen molar-refractivity contribution in [3.05, 3.63) is 35.4 Å². The van der Waals surface area contributed by atoms with Crippen molar-refractivity contribution >= 4 is 15.6 Å². The van der Waals surface area contributed by atoms with Gasteiger partial charge in [-0.3, -0.25) is 4.79 Å². The number of carbonyl (C=O) groups excluding carboxylic acids is 1. The molecule has 0 heterocycles. The minimum Gasteiger partial charge on any atom is -0.293 e. The predicted molar refractivity (Wildman–Crippen MR) is 78.2 cm³/mol. The van der Waals surface area contributed by atoms with E-state index in [0.29, 0.717) is 5.56 Å². The van der Waals surface area contributed by atoms with Crippen molar-refractivity contribution in [2.75, 3.05) is 5.75 Å². The van der Waals surface area contributed by atoms with Gasteiger partial charge in [-0.05, 0) is 24.8 Å². The van der Waals surface area contributed by atoms with Crippen molar-refractivity contribution in [3.8, 4) is 0 Å². The second-order valence-electron chi connectivity index (χ2n) is 5.28. The minimum absolute atomic E-state index is 0.0303. The zero-order chi connectivity index (χ0) is 14.6. The number of rotatable bonds is 6. The number of aryl methyl sites for hydroxylation is 1. The van der Waals surface area contributed by atoms with E-state index >= 15 is 0 Å². The van der Waals surface area contributed by atoms with E-state index in [4.69, 9.17) is 0 Å². The first-order valence-corrected chi connectivity index (χ1v) is 8.34.